The fraction of sp³-hybridized carbons (Fsp3) is 0.263. The van der Waals surface area contributed by atoms with Gasteiger partial charge in [-0.25, -0.2) is 4.79 Å². The number of benzene rings is 2. The minimum absolute atomic E-state index is 0.00296. The highest BCUT2D eigenvalue weighted by Gasteiger charge is 2.49. The van der Waals surface area contributed by atoms with Gasteiger partial charge in [0.2, 0.25) is 5.91 Å². The molecule has 1 aliphatic carbocycles. The average Bonchev–Trinajstić information content (AvgIpc) is 2.91. The lowest BCUT2D eigenvalue weighted by atomic mass is 9.74. The van der Waals surface area contributed by atoms with Crippen molar-refractivity contribution in [2.24, 2.45) is 0 Å². The topological polar surface area (TPSA) is 78.4 Å². The van der Waals surface area contributed by atoms with Gasteiger partial charge in [-0.1, -0.05) is 48.5 Å². The minimum atomic E-state index is -4.55. The zero-order chi connectivity index (χ0) is 19.7. The molecule has 0 unspecified atom stereocenters. The Hall–Kier alpha value is -3.03. The van der Waals surface area contributed by atoms with Crippen LogP contribution in [0.5, 0.6) is 0 Å². The molecular weight excluding hydrogens is 361 g/mol. The normalized spacial score (nSPS) is 14.2. The fourth-order valence-corrected chi connectivity index (χ4v) is 3.64. The number of rotatable bonds is 5. The maximum atomic E-state index is 13.0. The summed E-state index contributed by atoms with van der Waals surface area (Å²) in [6.07, 6.45) is -5.81. The molecule has 3 N–H and O–H groups in total. The molecule has 0 atom stereocenters. The van der Waals surface area contributed by atoms with Gasteiger partial charge in [-0.05, 0) is 28.7 Å². The molecule has 2 aromatic carbocycles. The number of hydrogen-bond acceptors (Lipinski definition) is 2. The molecule has 27 heavy (non-hydrogen) atoms. The highest BCUT2D eigenvalue weighted by atomic mass is 19.4. The summed E-state index contributed by atoms with van der Waals surface area (Å²) in [6, 6.07) is 14.0. The Labute approximate surface area is 153 Å². The van der Waals surface area contributed by atoms with Gasteiger partial charge in [0, 0.05) is 6.54 Å². The van der Waals surface area contributed by atoms with E-state index in [1.807, 2.05) is 5.32 Å². The largest absolute Gasteiger partial charge is 0.465 e. The molecular formula is C19H17F3N2O3. The summed E-state index contributed by atoms with van der Waals surface area (Å²) in [7, 11) is 0. The van der Waals surface area contributed by atoms with Crippen LogP contribution in [0.4, 0.5) is 18.0 Å². The number of amides is 2. The maximum Gasteiger partial charge on any atom is 0.405 e. The van der Waals surface area contributed by atoms with E-state index in [0.717, 1.165) is 11.1 Å². The van der Waals surface area contributed by atoms with Crippen molar-refractivity contribution in [3.8, 4) is 11.1 Å². The first kappa shape index (κ1) is 18.8. The molecule has 2 amide bonds. The Morgan fingerprint density at radius 2 is 1.44 bits per heavy atom. The van der Waals surface area contributed by atoms with Crippen LogP contribution in [0.15, 0.2) is 48.5 Å². The molecule has 0 bridgehead atoms. The Morgan fingerprint density at radius 3 is 1.93 bits per heavy atom. The number of carboxylic acid groups (broad SMARTS) is 1. The van der Waals surface area contributed by atoms with Gasteiger partial charge in [-0.2, -0.15) is 13.2 Å². The van der Waals surface area contributed by atoms with Crippen molar-refractivity contribution in [2.45, 2.75) is 18.0 Å². The lowest BCUT2D eigenvalue weighted by Gasteiger charge is -2.31. The van der Waals surface area contributed by atoms with Crippen LogP contribution in [0.25, 0.3) is 11.1 Å². The third-order valence-corrected chi connectivity index (χ3v) is 4.68. The predicted octanol–water partition coefficient (Wildman–Crippen LogP) is 3.29. The van der Waals surface area contributed by atoms with Gasteiger partial charge in [0.15, 0.2) is 0 Å². The third-order valence-electron chi connectivity index (χ3n) is 4.68. The van der Waals surface area contributed by atoms with Crippen LogP contribution in [0.2, 0.25) is 0 Å². The second-order valence-corrected chi connectivity index (χ2v) is 6.28. The van der Waals surface area contributed by atoms with Crippen molar-refractivity contribution in [3.05, 3.63) is 59.7 Å². The molecule has 2 aromatic rings. The highest BCUT2D eigenvalue weighted by Crippen LogP contribution is 2.50. The van der Waals surface area contributed by atoms with Crippen molar-refractivity contribution >= 4 is 12.0 Å². The van der Waals surface area contributed by atoms with Crippen LogP contribution in [0, 0.1) is 0 Å². The zero-order valence-corrected chi connectivity index (χ0v) is 14.1. The lowest BCUT2D eigenvalue weighted by Crippen LogP contribution is -2.48. The van der Waals surface area contributed by atoms with E-state index in [-0.39, 0.29) is 13.0 Å². The number of carbonyl (C=O) groups excluding carboxylic acids is 1. The van der Waals surface area contributed by atoms with E-state index in [1.54, 1.807) is 48.5 Å². The van der Waals surface area contributed by atoms with Crippen molar-refractivity contribution in [1.29, 1.82) is 0 Å². The second-order valence-electron chi connectivity index (χ2n) is 6.28. The SMILES string of the molecule is O=C(O)NCCC1(C(=O)NCC(F)(F)F)c2ccccc2-c2ccccc21. The molecule has 0 fully saturated rings. The molecule has 0 spiro atoms. The first-order valence-electron chi connectivity index (χ1n) is 8.27. The van der Waals surface area contributed by atoms with Gasteiger partial charge in [-0.3, -0.25) is 4.79 Å². The summed E-state index contributed by atoms with van der Waals surface area (Å²) in [5.74, 6) is -0.801. The van der Waals surface area contributed by atoms with E-state index in [2.05, 4.69) is 5.32 Å². The number of hydrogen-bond donors (Lipinski definition) is 3. The maximum absolute atomic E-state index is 13.0. The predicted molar refractivity (Wildman–Crippen MR) is 92.4 cm³/mol. The quantitative estimate of drug-likeness (QED) is 0.747. The summed E-state index contributed by atoms with van der Waals surface area (Å²) in [6.45, 7) is -1.54. The van der Waals surface area contributed by atoms with Crippen LogP contribution in [0.3, 0.4) is 0 Å². The number of nitrogens with one attached hydrogen (secondary N) is 2. The molecule has 1 aliphatic rings. The number of carbonyl (C=O) groups is 2. The number of halogens is 3. The van der Waals surface area contributed by atoms with Crippen LogP contribution in [-0.2, 0) is 10.2 Å². The molecule has 0 aromatic heterocycles. The van der Waals surface area contributed by atoms with Crippen molar-refractivity contribution < 1.29 is 27.9 Å². The van der Waals surface area contributed by atoms with Crippen LogP contribution >= 0.6 is 0 Å². The monoisotopic (exact) mass is 378 g/mol. The zero-order valence-electron chi connectivity index (χ0n) is 14.1. The molecule has 0 radical (unpaired) electrons. The van der Waals surface area contributed by atoms with Gasteiger partial charge in [-0.15, -0.1) is 0 Å². The molecule has 142 valence electrons. The van der Waals surface area contributed by atoms with E-state index < -0.39 is 30.1 Å². The van der Waals surface area contributed by atoms with Gasteiger partial charge in [0.1, 0.15) is 12.0 Å². The fourth-order valence-electron chi connectivity index (χ4n) is 3.64. The summed E-state index contributed by atoms with van der Waals surface area (Å²) in [4.78, 5) is 23.9. The summed E-state index contributed by atoms with van der Waals surface area (Å²) >= 11 is 0. The molecule has 0 saturated heterocycles. The van der Waals surface area contributed by atoms with Gasteiger partial charge < -0.3 is 15.7 Å². The number of alkyl halides is 3. The Balaban J connectivity index is 2.09. The van der Waals surface area contributed by atoms with Crippen LogP contribution < -0.4 is 10.6 Å². The third kappa shape index (κ3) is 3.47. The van der Waals surface area contributed by atoms with E-state index >= 15 is 0 Å². The van der Waals surface area contributed by atoms with Crippen LogP contribution in [-0.4, -0.2) is 36.4 Å². The Bertz CT molecular complexity index is 835. The molecule has 0 heterocycles. The van der Waals surface area contributed by atoms with E-state index in [4.69, 9.17) is 5.11 Å². The summed E-state index contributed by atoms with van der Waals surface area (Å²) in [5, 5.41) is 13.0. The second kappa shape index (κ2) is 6.94. The molecule has 0 saturated carbocycles. The lowest BCUT2D eigenvalue weighted by molar-refractivity contribution is -0.141. The minimum Gasteiger partial charge on any atom is -0.465 e. The molecule has 3 rings (SSSR count). The Kier molecular flexibility index (Phi) is 4.82. The smallest absolute Gasteiger partial charge is 0.405 e. The first-order chi connectivity index (χ1) is 12.8. The standard InChI is InChI=1S/C19H17F3N2O3/c20-19(21,22)11-24-16(25)18(9-10-23-17(26)27)14-7-3-1-5-12(14)13-6-2-4-8-15(13)18/h1-8,23H,9-11H2,(H,24,25)(H,26,27). The summed E-state index contributed by atoms with van der Waals surface area (Å²) in [5.41, 5.74) is 1.24. The van der Waals surface area contributed by atoms with Gasteiger partial charge in [0.25, 0.3) is 0 Å². The first-order valence-corrected chi connectivity index (χ1v) is 8.27. The summed E-state index contributed by atoms with van der Waals surface area (Å²) < 4.78 is 38.0. The van der Waals surface area contributed by atoms with Crippen molar-refractivity contribution in [1.82, 2.24) is 10.6 Å². The van der Waals surface area contributed by atoms with E-state index in [0.29, 0.717) is 11.1 Å². The highest BCUT2D eigenvalue weighted by molar-refractivity contribution is 6.00. The molecule has 8 heteroatoms. The number of fused-ring (bicyclic) bond motifs is 3. The Morgan fingerprint density at radius 1 is 0.926 bits per heavy atom. The molecule has 0 aliphatic heterocycles. The van der Waals surface area contributed by atoms with Gasteiger partial charge in [0.05, 0.1) is 0 Å². The van der Waals surface area contributed by atoms with Crippen molar-refractivity contribution in [3.63, 3.8) is 0 Å². The molecule has 5 nitrogen and oxygen atoms in total. The van der Waals surface area contributed by atoms with E-state index in [1.165, 1.54) is 0 Å². The van der Waals surface area contributed by atoms with E-state index in [9.17, 15) is 22.8 Å². The van der Waals surface area contributed by atoms with Crippen LogP contribution in [0.1, 0.15) is 17.5 Å². The average molecular weight is 378 g/mol. The van der Waals surface area contributed by atoms with Crippen molar-refractivity contribution in [2.75, 3.05) is 13.1 Å². The van der Waals surface area contributed by atoms with Gasteiger partial charge >= 0.3 is 12.3 Å².